The highest BCUT2D eigenvalue weighted by Crippen LogP contribution is 2.35. The maximum atomic E-state index is 12.8. The summed E-state index contributed by atoms with van der Waals surface area (Å²) in [6, 6.07) is 15.0. The number of benzene rings is 2. The highest BCUT2D eigenvalue weighted by atomic mass is 32.2. The topological polar surface area (TPSA) is 48.0 Å². The van der Waals surface area contributed by atoms with Gasteiger partial charge in [-0.3, -0.25) is 4.79 Å². The first-order valence-corrected chi connectivity index (χ1v) is 9.58. The van der Waals surface area contributed by atoms with Crippen molar-refractivity contribution in [1.29, 1.82) is 0 Å². The Labute approximate surface area is 156 Å². The van der Waals surface area contributed by atoms with Crippen LogP contribution < -0.4 is 19.1 Å². The lowest BCUT2D eigenvalue weighted by molar-refractivity contribution is -0.120. The lowest BCUT2D eigenvalue weighted by atomic mass is 10.2. The minimum Gasteiger partial charge on any atom is -0.484 e. The van der Waals surface area contributed by atoms with Gasteiger partial charge in [-0.05, 0) is 29.8 Å². The summed E-state index contributed by atoms with van der Waals surface area (Å²) < 4.78 is 16.3. The molecule has 0 radical (unpaired) electrons. The molecule has 0 aromatic heterocycles. The van der Waals surface area contributed by atoms with Gasteiger partial charge in [0, 0.05) is 29.8 Å². The smallest absolute Gasteiger partial charge is 0.265 e. The van der Waals surface area contributed by atoms with Gasteiger partial charge in [-0.1, -0.05) is 24.3 Å². The van der Waals surface area contributed by atoms with Crippen LogP contribution in [0.3, 0.4) is 0 Å². The van der Waals surface area contributed by atoms with E-state index < -0.39 is 0 Å². The fraction of sp³-hybridized carbons (Fsp3) is 0.250. The second-order valence-electron chi connectivity index (χ2n) is 6.00. The molecule has 5 nitrogen and oxygen atoms in total. The van der Waals surface area contributed by atoms with Crippen LogP contribution >= 0.6 is 11.8 Å². The molecule has 2 aliphatic rings. The van der Waals surface area contributed by atoms with Gasteiger partial charge in [-0.2, -0.15) is 11.8 Å². The number of anilines is 1. The number of nitrogens with zero attached hydrogens (tertiary/aromatic N) is 1. The van der Waals surface area contributed by atoms with Crippen LogP contribution in [-0.2, 0) is 4.79 Å². The van der Waals surface area contributed by atoms with Gasteiger partial charge in [0.15, 0.2) is 18.1 Å². The van der Waals surface area contributed by atoms with Crippen LogP contribution in [0.5, 0.6) is 17.2 Å². The third kappa shape index (κ3) is 3.80. The minimum absolute atomic E-state index is 0.0328. The number of thioether (sulfide) groups is 1. The lowest BCUT2D eigenvalue weighted by Gasteiger charge is -2.23. The van der Waals surface area contributed by atoms with Crippen LogP contribution in [0.2, 0.25) is 0 Å². The molecule has 0 unspecified atom stereocenters. The SMILES string of the molecule is O=C(COc1ccc2c(c1)OCO2)N(CC1=CCSC1)c1ccccc1. The number of fused-ring (bicyclic) bond motifs is 1. The van der Waals surface area contributed by atoms with Gasteiger partial charge in [-0.25, -0.2) is 0 Å². The number of carbonyl (C=O) groups excluding carboxylic acids is 1. The quantitative estimate of drug-likeness (QED) is 0.730. The van der Waals surface area contributed by atoms with E-state index in [1.165, 1.54) is 5.57 Å². The van der Waals surface area contributed by atoms with Crippen molar-refractivity contribution in [3.8, 4) is 17.2 Å². The molecule has 2 aliphatic heterocycles. The first kappa shape index (κ1) is 16.8. The van der Waals surface area contributed by atoms with Gasteiger partial charge in [0.1, 0.15) is 5.75 Å². The summed E-state index contributed by atoms with van der Waals surface area (Å²) in [5.41, 5.74) is 2.15. The lowest BCUT2D eigenvalue weighted by Crippen LogP contribution is -2.36. The number of amides is 1. The van der Waals surface area contributed by atoms with Crippen molar-refractivity contribution >= 4 is 23.4 Å². The molecule has 2 aromatic carbocycles. The van der Waals surface area contributed by atoms with E-state index in [0.717, 1.165) is 17.2 Å². The standard InChI is InChI=1S/C20H19NO4S/c22-20(12-23-17-6-7-18-19(10-17)25-14-24-18)21(11-15-8-9-26-13-15)16-4-2-1-3-5-16/h1-8,10H,9,11-14H2. The average molecular weight is 369 g/mol. The van der Waals surface area contributed by atoms with Crippen LogP contribution in [0.1, 0.15) is 0 Å². The molecule has 4 rings (SSSR count). The number of hydrogen-bond donors (Lipinski definition) is 0. The number of ether oxygens (including phenoxy) is 3. The molecule has 0 fully saturated rings. The maximum absolute atomic E-state index is 12.8. The molecule has 0 spiro atoms. The molecule has 0 atom stereocenters. The zero-order chi connectivity index (χ0) is 17.8. The van der Waals surface area contributed by atoms with Gasteiger partial charge in [0.2, 0.25) is 6.79 Å². The fourth-order valence-corrected chi connectivity index (χ4v) is 3.80. The van der Waals surface area contributed by atoms with Crippen LogP contribution in [0, 0.1) is 0 Å². The van der Waals surface area contributed by atoms with E-state index >= 15 is 0 Å². The third-order valence-electron chi connectivity index (χ3n) is 4.21. The highest BCUT2D eigenvalue weighted by molar-refractivity contribution is 7.99. The largest absolute Gasteiger partial charge is 0.484 e. The van der Waals surface area contributed by atoms with Crippen molar-refractivity contribution in [2.45, 2.75) is 0 Å². The zero-order valence-corrected chi connectivity index (χ0v) is 15.0. The summed E-state index contributed by atoms with van der Waals surface area (Å²) in [5.74, 6) is 3.83. The summed E-state index contributed by atoms with van der Waals surface area (Å²) in [6.45, 7) is 0.780. The molecule has 1 amide bonds. The molecular formula is C20H19NO4S. The highest BCUT2D eigenvalue weighted by Gasteiger charge is 2.20. The number of rotatable bonds is 6. The summed E-state index contributed by atoms with van der Waals surface area (Å²) in [7, 11) is 0. The van der Waals surface area contributed by atoms with Crippen LogP contribution in [0.15, 0.2) is 60.2 Å². The summed E-state index contributed by atoms with van der Waals surface area (Å²) in [6.07, 6.45) is 2.20. The fourth-order valence-electron chi connectivity index (χ4n) is 2.86. The Morgan fingerprint density at radius 2 is 1.96 bits per heavy atom. The second kappa shape index (κ2) is 7.74. The first-order chi connectivity index (χ1) is 12.8. The summed E-state index contributed by atoms with van der Waals surface area (Å²) >= 11 is 1.87. The number of carbonyl (C=O) groups is 1. The van der Waals surface area contributed by atoms with Gasteiger partial charge in [0.25, 0.3) is 5.91 Å². The van der Waals surface area contributed by atoms with Crippen molar-refractivity contribution in [2.75, 3.05) is 36.4 Å². The summed E-state index contributed by atoms with van der Waals surface area (Å²) in [5, 5.41) is 0. The molecular weight excluding hydrogens is 350 g/mol. The summed E-state index contributed by atoms with van der Waals surface area (Å²) in [4.78, 5) is 14.6. The van der Waals surface area contributed by atoms with Crippen molar-refractivity contribution in [3.05, 3.63) is 60.2 Å². The Morgan fingerprint density at radius 3 is 2.77 bits per heavy atom. The van der Waals surface area contributed by atoms with E-state index in [1.54, 1.807) is 23.1 Å². The number of para-hydroxylation sites is 1. The molecule has 2 aromatic rings. The Morgan fingerprint density at radius 1 is 1.12 bits per heavy atom. The molecule has 134 valence electrons. The molecule has 0 saturated heterocycles. The first-order valence-electron chi connectivity index (χ1n) is 8.43. The van der Waals surface area contributed by atoms with Gasteiger partial charge < -0.3 is 19.1 Å². The predicted octanol–water partition coefficient (Wildman–Crippen LogP) is 3.50. The molecule has 6 heteroatoms. The van der Waals surface area contributed by atoms with Crippen LogP contribution in [-0.4, -0.2) is 37.4 Å². The molecule has 0 aliphatic carbocycles. The molecule has 26 heavy (non-hydrogen) atoms. The van der Waals surface area contributed by atoms with Crippen molar-refractivity contribution in [3.63, 3.8) is 0 Å². The van der Waals surface area contributed by atoms with E-state index in [9.17, 15) is 4.79 Å². The number of hydrogen-bond acceptors (Lipinski definition) is 5. The van der Waals surface area contributed by atoms with E-state index in [4.69, 9.17) is 14.2 Å². The monoisotopic (exact) mass is 369 g/mol. The van der Waals surface area contributed by atoms with Gasteiger partial charge >= 0.3 is 0 Å². The van der Waals surface area contributed by atoms with Crippen molar-refractivity contribution < 1.29 is 19.0 Å². The van der Waals surface area contributed by atoms with E-state index in [0.29, 0.717) is 23.8 Å². The molecule has 0 N–H and O–H groups in total. The Bertz CT molecular complexity index is 822. The molecule has 2 heterocycles. The normalized spacial score (nSPS) is 14.8. The zero-order valence-electron chi connectivity index (χ0n) is 14.2. The molecule has 0 saturated carbocycles. The Hall–Kier alpha value is -2.60. The average Bonchev–Trinajstić information content (AvgIpc) is 3.36. The predicted molar refractivity (Wildman–Crippen MR) is 102 cm³/mol. The van der Waals surface area contributed by atoms with Crippen molar-refractivity contribution in [1.82, 2.24) is 0 Å². The Balaban J connectivity index is 1.45. The minimum atomic E-state index is -0.0772. The molecule has 0 bridgehead atoms. The van der Waals surface area contributed by atoms with E-state index in [2.05, 4.69) is 6.08 Å². The maximum Gasteiger partial charge on any atom is 0.265 e. The van der Waals surface area contributed by atoms with Gasteiger partial charge in [-0.15, -0.1) is 0 Å². The van der Waals surface area contributed by atoms with Crippen LogP contribution in [0.4, 0.5) is 5.69 Å². The third-order valence-corrected chi connectivity index (χ3v) is 5.19. The second-order valence-corrected chi connectivity index (χ2v) is 7.03. The van der Waals surface area contributed by atoms with Crippen molar-refractivity contribution in [2.24, 2.45) is 0 Å². The van der Waals surface area contributed by atoms with Crippen LogP contribution in [0.25, 0.3) is 0 Å². The van der Waals surface area contributed by atoms with E-state index in [1.807, 2.05) is 42.1 Å². The Kier molecular flexibility index (Phi) is 5.02. The van der Waals surface area contributed by atoms with E-state index in [-0.39, 0.29) is 19.3 Å². The van der Waals surface area contributed by atoms with Gasteiger partial charge in [0.05, 0.1) is 0 Å².